The molecule has 1 atom stereocenters. The minimum atomic E-state index is -0.0700. The van der Waals surface area contributed by atoms with E-state index in [-0.39, 0.29) is 17.9 Å². The quantitative estimate of drug-likeness (QED) is 0.414. The van der Waals surface area contributed by atoms with Crippen LogP contribution in [0.1, 0.15) is 42.6 Å². The van der Waals surface area contributed by atoms with Gasteiger partial charge in [-0.1, -0.05) is 19.1 Å². The first-order valence-electron chi connectivity index (χ1n) is 10.8. The molecule has 0 saturated carbocycles. The van der Waals surface area contributed by atoms with Gasteiger partial charge in [-0.25, -0.2) is 4.99 Å². The number of hydrogen-bond donors (Lipinski definition) is 3. The molecule has 30 heavy (non-hydrogen) atoms. The van der Waals surface area contributed by atoms with Crippen LogP contribution in [0.3, 0.4) is 0 Å². The third kappa shape index (κ3) is 7.67. The van der Waals surface area contributed by atoms with Gasteiger partial charge in [0.2, 0.25) is 5.91 Å². The molecule has 1 aromatic carbocycles. The van der Waals surface area contributed by atoms with Crippen molar-refractivity contribution in [2.75, 3.05) is 46.8 Å². The largest absolute Gasteiger partial charge is 0.357 e. The van der Waals surface area contributed by atoms with Crippen molar-refractivity contribution in [2.24, 2.45) is 4.99 Å². The van der Waals surface area contributed by atoms with E-state index in [1.165, 1.54) is 0 Å². The van der Waals surface area contributed by atoms with Crippen LogP contribution < -0.4 is 16.0 Å². The molecule has 0 spiro atoms. The first-order chi connectivity index (χ1) is 14.4. The molecule has 0 radical (unpaired) electrons. The molecule has 0 bridgehead atoms. The molecule has 1 aromatic rings. The van der Waals surface area contributed by atoms with Crippen molar-refractivity contribution in [2.45, 2.75) is 39.3 Å². The van der Waals surface area contributed by atoms with E-state index in [1.807, 2.05) is 62.0 Å². The highest BCUT2D eigenvalue weighted by atomic mass is 16.2. The highest BCUT2D eigenvalue weighted by Gasteiger charge is 2.25. The summed E-state index contributed by atoms with van der Waals surface area (Å²) in [4.78, 5) is 32.8. The van der Waals surface area contributed by atoms with Crippen LogP contribution in [-0.4, -0.2) is 80.4 Å². The lowest BCUT2D eigenvalue weighted by Gasteiger charge is -2.18. The summed E-state index contributed by atoms with van der Waals surface area (Å²) in [5, 5.41) is 9.63. The maximum atomic E-state index is 12.3. The number of rotatable bonds is 9. The van der Waals surface area contributed by atoms with E-state index in [0.29, 0.717) is 31.6 Å². The van der Waals surface area contributed by atoms with Crippen LogP contribution in [0, 0.1) is 0 Å². The molecule has 1 aliphatic rings. The third-order valence-electron chi connectivity index (χ3n) is 4.98. The lowest BCUT2D eigenvalue weighted by atomic mass is 10.1. The van der Waals surface area contributed by atoms with Gasteiger partial charge in [0.05, 0.1) is 6.54 Å². The Hall–Kier alpha value is -2.61. The predicted octanol–water partition coefficient (Wildman–Crippen LogP) is 1.04. The first kappa shape index (κ1) is 23.7. The van der Waals surface area contributed by atoms with Crippen molar-refractivity contribution in [3.63, 3.8) is 0 Å². The van der Waals surface area contributed by atoms with Crippen molar-refractivity contribution in [1.29, 1.82) is 0 Å². The lowest BCUT2D eigenvalue weighted by molar-refractivity contribution is -0.129. The molecule has 2 rings (SSSR count). The minimum Gasteiger partial charge on any atom is -0.357 e. The van der Waals surface area contributed by atoms with E-state index in [2.05, 4.69) is 20.9 Å². The number of guanidine groups is 1. The lowest BCUT2D eigenvalue weighted by Crippen LogP contribution is -2.45. The van der Waals surface area contributed by atoms with Crippen LogP contribution in [0.2, 0.25) is 0 Å². The van der Waals surface area contributed by atoms with E-state index in [0.717, 1.165) is 37.6 Å². The summed E-state index contributed by atoms with van der Waals surface area (Å²) in [6, 6.07) is 7.76. The Labute approximate surface area is 180 Å². The Balaban J connectivity index is 1.94. The number of amides is 2. The van der Waals surface area contributed by atoms with Crippen molar-refractivity contribution >= 4 is 17.8 Å². The Morgan fingerprint density at radius 2 is 2.03 bits per heavy atom. The van der Waals surface area contributed by atoms with Gasteiger partial charge < -0.3 is 25.8 Å². The van der Waals surface area contributed by atoms with Crippen LogP contribution in [0.25, 0.3) is 0 Å². The zero-order valence-corrected chi connectivity index (χ0v) is 18.7. The second kappa shape index (κ2) is 12.2. The molecule has 1 fully saturated rings. The van der Waals surface area contributed by atoms with E-state index in [9.17, 15) is 9.59 Å². The molecule has 8 nitrogen and oxygen atoms in total. The van der Waals surface area contributed by atoms with Gasteiger partial charge in [-0.3, -0.25) is 9.59 Å². The third-order valence-corrected chi connectivity index (χ3v) is 4.98. The molecule has 8 heteroatoms. The molecule has 2 amide bonds. The maximum absolute atomic E-state index is 12.3. The van der Waals surface area contributed by atoms with E-state index < -0.39 is 0 Å². The summed E-state index contributed by atoms with van der Waals surface area (Å²) >= 11 is 0. The fraction of sp³-hybridized carbons (Fsp3) is 0.591. The molecule has 0 aromatic heterocycles. The summed E-state index contributed by atoms with van der Waals surface area (Å²) in [6.45, 7) is 8.05. The first-order valence-corrected chi connectivity index (χ1v) is 10.8. The number of nitrogens with zero attached hydrogens (tertiary/aromatic N) is 3. The Morgan fingerprint density at radius 3 is 2.73 bits per heavy atom. The highest BCUT2D eigenvalue weighted by molar-refractivity contribution is 5.94. The average Bonchev–Trinajstić information content (AvgIpc) is 3.20. The average molecular weight is 417 g/mol. The summed E-state index contributed by atoms with van der Waals surface area (Å²) in [5.74, 6) is 0.857. The van der Waals surface area contributed by atoms with Gasteiger partial charge in [0.25, 0.3) is 5.91 Å². The van der Waals surface area contributed by atoms with Gasteiger partial charge in [0.1, 0.15) is 0 Å². The van der Waals surface area contributed by atoms with Crippen LogP contribution in [0.5, 0.6) is 0 Å². The van der Waals surface area contributed by atoms with Crippen molar-refractivity contribution in [1.82, 2.24) is 25.8 Å². The Bertz CT molecular complexity index is 734. The minimum absolute atomic E-state index is 0.0700. The molecule has 1 saturated heterocycles. The van der Waals surface area contributed by atoms with Crippen LogP contribution >= 0.6 is 0 Å². The van der Waals surface area contributed by atoms with Gasteiger partial charge in [-0.2, -0.15) is 0 Å². The summed E-state index contributed by atoms with van der Waals surface area (Å²) < 4.78 is 0. The number of hydrogen-bond acceptors (Lipinski definition) is 4. The molecule has 1 aliphatic heterocycles. The number of benzene rings is 1. The molecule has 1 heterocycles. The van der Waals surface area contributed by atoms with Gasteiger partial charge >= 0.3 is 0 Å². The van der Waals surface area contributed by atoms with E-state index >= 15 is 0 Å². The number of nitrogens with one attached hydrogen (secondary N) is 3. The fourth-order valence-electron chi connectivity index (χ4n) is 3.32. The van der Waals surface area contributed by atoms with Gasteiger partial charge in [-0.15, -0.1) is 0 Å². The van der Waals surface area contributed by atoms with Crippen molar-refractivity contribution in [3.05, 3.63) is 35.4 Å². The normalized spacial score (nSPS) is 16.6. The van der Waals surface area contributed by atoms with Crippen LogP contribution in [0.4, 0.5) is 0 Å². The number of aliphatic imine (C=N–C) groups is 1. The second-order valence-electron chi connectivity index (χ2n) is 7.78. The molecular weight excluding hydrogens is 380 g/mol. The van der Waals surface area contributed by atoms with Crippen molar-refractivity contribution in [3.8, 4) is 0 Å². The van der Waals surface area contributed by atoms with Gasteiger partial charge in [0, 0.05) is 50.7 Å². The molecular formula is C22H36N6O2. The smallest absolute Gasteiger partial charge is 0.251 e. The van der Waals surface area contributed by atoms with Crippen molar-refractivity contribution < 1.29 is 9.59 Å². The summed E-state index contributed by atoms with van der Waals surface area (Å²) in [6.07, 6.45) is 1.46. The van der Waals surface area contributed by atoms with E-state index in [4.69, 9.17) is 0 Å². The molecule has 166 valence electrons. The molecule has 1 unspecified atom stereocenters. The standard InChI is InChI=1S/C22H36N6O2/c1-5-20(29)28-12-10-19(16-28)26-22(23-6-2)25-15-17-8-7-9-18(14-17)21(30)24-11-13-27(3)4/h7-9,14,19H,5-6,10-13,15-16H2,1-4H3,(H,24,30)(H2,23,25,26). The second-order valence-corrected chi connectivity index (χ2v) is 7.78. The monoisotopic (exact) mass is 416 g/mol. The zero-order chi connectivity index (χ0) is 21.9. The topological polar surface area (TPSA) is 89.1 Å². The number of likely N-dealkylation sites (tertiary alicyclic amines) is 1. The van der Waals surface area contributed by atoms with Gasteiger partial charge in [-0.05, 0) is 45.1 Å². The summed E-state index contributed by atoms with van der Waals surface area (Å²) in [5.41, 5.74) is 1.62. The molecule has 0 aliphatic carbocycles. The predicted molar refractivity (Wildman–Crippen MR) is 121 cm³/mol. The SMILES string of the molecule is CCNC(=NCc1cccc(C(=O)NCCN(C)C)c1)NC1CCN(C(=O)CC)C1. The number of carbonyl (C=O) groups is 2. The van der Waals surface area contributed by atoms with Crippen LogP contribution in [-0.2, 0) is 11.3 Å². The van der Waals surface area contributed by atoms with Crippen LogP contribution in [0.15, 0.2) is 29.3 Å². The maximum Gasteiger partial charge on any atom is 0.251 e. The Morgan fingerprint density at radius 1 is 1.23 bits per heavy atom. The zero-order valence-electron chi connectivity index (χ0n) is 18.7. The fourth-order valence-corrected chi connectivity index (χ4v) is 3.32. The Kier molecular flexibility index (Phi) is 9.60. The van der Waals surface area contributed by atoms with Gasteiger partial charge in [0.15, 0.2) is 5.96 Å². The number of carbonyl (C=O) groups excluding carboxylic acids is 2. The summed E-state index contributed by atoms with van der Waals surface area (Å²) in [7, 11) is 3.96. The van der Waals surface area contributed by atoms with E-state index in [1.54, 1.807) is 0 Å². The number of likely N-dealkylation sites (N-methyl/N-ethyl adjacent to an activating group) is 1. The highest BCUT2D eigenvalue weighted by Crippen LogP contribution is 2.11. The molecule has 3 N–H and O–H groups in total.